The molecule has 1 aromatic carbocycles. The Bertz CT molecular complexity index is 541. The van der Waals surface area contributed by atoms with Gasteiger partial charge < -0.3 is 9.73 Å². The first-order valence-corrected chi connectivity index (χ1v) is 7.17. The third-order valence-corrected chi connectivity index (χ3v) is 3.66. The highest BCUT2D eigenvalue weighted by atomic mass is 16.3. The van der Waals surface area contributed by atoms with Crippen LogP contribution in [0.15, 0.2) is 47.1 Å². The maximum Gasteiger partial charge on any atom is 0.287 e. The highest BCUT2D eigenvalue weighted by Gasteiger charge is 2.17. The van der Waals surface area contributed by atoms with Gasteiger partial charge in [0.1, 0.15) is 0 Å². The van der Waals surface area contributed by atoms with E-state index in [9.17, 15) is 4.79 Å². The van der Waals surface area contributed by atoms with Crippen LogP contribution in [0.5, 0.6) is 0 Å². The molecule has 0 fully saturated rings. The Balaban J connectivity index is 2.10. The Hall–Kier alpha value is -2.03. The Morgan fingerprint density at radius 1 is 1.15 bits per heavy atom. The molecule has 0 saturated carbocycles. The van der Waals surface area contributed by atoms with E-state index in [0.717, 1.165) is 24.0 Å². The van der Waals surface area contributed by atoms with Gasteiger partial charge in [0.25, 0.3) is 5.91 Å². The SMILES string of the molecule is CCC(CC)CNC(=O)c1occc1-c1ccccc1. The number of carbonyl (C=O) groups is 1. The molecule has 2 rings (SSSR count). The minimum Gasteiger partial charge on any atom is -0.459 e. The lowest BCUT2D eigenvalue weighted by Gasteiger charge is -2.12. The van der Waals surface area contributed by atoms with Crippen LogP contribution in [0.3, 0.4) is 0 Å². The number of rotatable bonds is 6. The van der Waals surface area contributed by atoms with Crippen molar-refractivity contribution in [3.63, 3.8) is 0 Å². The van der Waals surface area contributed by atoms with E-state index in [-0.39, 0.29) is 5.91 Å². The highest BCUT2D eigenvalue weighted by Crippen LogP contribution is 2.24. The Morgan fingerprint density at radius 2 is 1.85 bits per heavy atom. The van der Waals surface area contributed by atoms with Gasteiger partial charge >= 0.3 is 0 Å². The Morgan fingerprint density at radius 3 is 2.50 bits per heavy atom. The molecule has 3 nitrogen and oxygen atoms in total. The second-order valence-corrected chi connectivity index (χ2v) is 4.92. The van der Waals surface area contributed by atoms with E-state index in [2.05, 4.69) is 19.2 Å². The summed E-state index contributed by atoms with van der Waals surface area (Å²) in [6.07, 6.45) is 3.70. The van der Waals surface area contributed by atoms with E-state index < -0.39 is 0 Å². The summed E-state index contributed by atoms with van der Waals surface area (Å²) in [5.74, 6) is 0.775. The second kappa shape index (κ2) is 6.94. The predicted octanol–water partition coefficient (Wildman–Crippen LogP) is 4.11. The molecule has 3 heteroatoms. The van der Waals surface area contributed by atoms with Crippen molar-refractivity contribution in [2.45, 2.75) is 26.7 Å². The molecule has 0 saturated heterocycles. The van der Waals surface area contributed by atoms with E-state index >= 15 is 0 Å². The molecule has 0 aliphatic carbocycles. The van der Waals surface area contributed by atoms with E-state index in [1.165, 1.54) is 0 Å². The first kappa shape index (κ1) is 14.4. The van der Waals surface area contributed by atoms with Gasteiger partial charge in [-0.1, -0.05) is 57.0 Å². The molecular weight excluding hydrogens is 250 g/mol. The summed E-state index contributed by atoms with van der Waals surface area (Å²) < 4.78 is 5.37. The number of nitrogens with one attached hydrogen (secondary N) is 1. The van der Waals surface area contributed by atoms with Crippen molar-refractivity contribution in [2.24, 2.45) is 5.92 Å². The lowest BCUT2D eigenvalue weighted by atomic mass is 10.0. The quantitative estimate of drug-likeness (QED) is 0.859. The first-order chi connectivity index (χ1) is 9.76. The van der Waals surface area contributed by atoms with E-state index in [4.69, 9.17) is 4.42 Å². The predicted molar refractivity (Wildman–Crippen MR) is 80.5 cm³/mol. The van der Waals surface area contributed by atoms with Crippen molar-refractivity contribution in [3.05, 3.63) is 48.4 Å². The van der Waals surface area contributed by atoms with Crippen LogP contribution < -0.4 is 5.32 Å². The smallest absolute Gasteiger partial charge is 0.287 e. The second-order valence-electron chi connectivity index (χ2n) is 4.92. The molecule has 0 aliphatic rings. The zero-order valence-electron chi connectivity index (χ0n) is 12.1. The number of furan rings is 1. The monoisotopic (exact) mass is 271 g/mol. The van der Waals surface area contributed by atoms with Gasteiger partial charge in [-0.2, -0.15) is 0 Å². The summed E-state index contributed by atoms with van der Waals surface area (Å²) in [7, 11) is 0. The molecule has 0 unspecified atom stereocenters. The van der Waals surface area contributed by atoms with Gasteiger partial charge in [0.2, 0.25) is 0 Å². The number of benzene rings is 1. The lowest BCUT2D eigenvalue weighted by molar-refractivity contribution is 0.0919. The summed E-state index contributed by atoms with van der Waals surface area (Å²) in [4.78, 5) is 12.2. The molecule has 20 heavy (non-hydrogen) atoms. The van der Waals surface area contributed by atoms with E-state index in [0.29, 0.717) is 18.2 Å². The largest absolute Gasteiger partial charge is 0.459 e. The maximum atomic E-state index is 12.2. The Labute approximate surface area is 120 Å². The van der Waals surface area contributed by atoms with Crippen LogP contribution in [0.2, 0.25) is 0 Å². The van der Waals surface area contributed by atoms with Crippen LogP contribution in [-0.2, 0) is 0 Å². The van der Waals surface area contributed by atoms with Crippen molar-refractivity contribution in [1.82, 2.24) is 5.32 Å². The zero-order chi connectivity index (χ0) is 14.4. The van der Waals surface area contributed by atoms with Gasteiger partial charge in [-0.05, 0) is 17.5 Å². The minimum absolute atomic E-state index is 0.138. The van der Waals surface area contributed by atoms with E-state index in [1.54, 1.807) is 6.26 Å². The van der Waals surface area contributed by atoms with Crippen LogP contribution in [0.25, 0.3) is 11.1 Å². The van der Waals surface area contributed by atoms with Crippen molar-refractivity contribution in [3.8, 4) is 11.1 Å². The summed E-state index contributed by atoms with van der Waals surface area (Å²) in [6, 6.07) is 11.6. The molecule has 1 aromatic heterocycles. The molecule has 106 valence electrons. The fraction of sp³-hybridized carbons (Fsp3) is 0.353. The van der Waals surface area contributed by atoms with E-state index in [1.807, 2.05) is 36.4 Å². The lowest BCUT2D eigenvalue weighted by Crippen LogP contribution is -2.28. The molecule has 1 N–H and O–H groups in total. The number of hydrogen-bond donors (Lipinski definition) is 1. The molecule has 0 aliphatic heterocycles. The summed E-state index contributed by atoms with van der Waals surface area (Å²) in [5.41, 5.74) is 1.83. The van der Waals surface area contributed by atoms with Crippen molar-refractivity contribution >= 4 is 5.91 Å². The average molecular weight is 271 g/mol. The molecule has 1 amide bonds. The van der Waals surface area contributed by atoms with Crippen LogP contribution in [0.1, 0.15) is 37.2 Å². The minimum atomic E-state index is -0.138. The van der Waals surface area contributed by atoms with Crippen molar-refractivity contribution in [1.29, 1.82) is 0 Å². The van der Waals surface area contributed by atoms with Crippen LogP contribution in [0, 0.1) is 5.92 Å². The number of hydrogen-bond acceptors (Lipinski definition) is 2. The van der Waals surface area contributed by atoms with Crippen LogP contribution >= 0.6 is 0 Å². The van der Waals surface area contributed by atoms with Gasteiger partial charge in [0.05, 0.1) is 6.26 Å². The van der Waals surface area contributed by atoms with Gasteiger partial charge in [-0.3, -0.25) is 4.79 Å². The average Bonchev–Trinajstić information content (AvgIpc) is 2.98. The van der Waals surface area contributed by atoms with Gasteiger partial charge in [-0.15, -0.1) is 0 Å². The maximum absolute atomic E-state index is 12.2. The van der Waals surface area contributed by atoms with Crippen molar-refractivity contribution < 1.29 is 9.21 Å². The van der Waals surface area contributed by atoms with Gasteiger partial charge in [0.15, 0.2) is 5.76 Å². The molecule has 1 heterocycles. The molecule has 0 spiro atoms. The number of amides is 1. The van der Waals surface area contributed by atoms with Gasteiger partial charge in [-0.25, -0.2) is 0 Å². The fourth-order valence-corrected chi connectivity index (χ4v) is 2.22. The standard InChI is InChI=1S/C17H21NO2/c1-3-13(4-2)12-18-17(19)16-15(10-11-20-16)14-8-6-5-7-9-14/h5-11,13H,3-4,12H2,1-2H3,(H,18,19). The van der Waals surface area contributed by atoms with Crippen molar-refractivity contribution in [2.75, 3.05) is 6.54 Å². The van der Waals surface area contributed by atoms with Crippen LogP contribution in [-0.4, -0.2) is 12.5 Å². The first-order valence-electron chi connectivity index (χ1n) is 7.17. The third-order valence-electron chi connectivity index (χ3n) is 3.66. The normalized spacial score (nSPS) is 10.8. The molecule has 0 atom stereocenters. The molecule has 2 aromatic rings. The highest BCUT2D eigenvalue weighted by molar-refractivity contribution is 5.98. The topological polar surface area (TPSA) is 42.2 Å². The molecular formula is C17H21NO2. The zero-order valence-corrected chi connectivity index (χ0v) is 12.1. The third kappa shape index (κ3) is 3.29. The summed E-state index contributed by atoms with van der Waals surface area (Å²) >= 11 is 0. The molecule has 0 bridgehead atoms. The number of carbonyl (C=O) groups excluding carboxylic acids is 1. The Kier molecular flexibility index (Phi) is 4.99. The fourth-order valence-electron chi connectivity index (χ4n) is 2.22. The summed E-state index contributed by atoms with van der Waals surface area (Å²) in [5, 5.41) is 2.96. The van der Waals surface area contributed by atoms with Crippen LogP contribution in [0.4, 0.5) is 0 Å². The molecule has 0 radical (unpaired) electrons. The van der Waals surface area contributed by atoms with Gasteiger partial charge in [0, 0.05) is 12.1 Å². The summed E-state index contributed by atoms with van der Waals surface area (Å²) in [6.45, 7) is 4.98.